The monoisotopic (exact) mass is 352 g/mol. The Morgan fingerprint density at radius 3 is 2.60 bits per heavy atom. The quantitative estimate of drug-likeness (QED) is 0.854. The van der Waals surface area contributed by atoms with Gasteiger partial charge in [0.15, 0.2) is 0 Å². The molecule has 2 rings (SSSR count). The number of rotatable bonds is 5. The van der Waals surface area contributed by atoms with Crippen LogP contribution >= 0.6 is 27.5 Å². The normalized spacial score (nSPS) is 10.6. The Bertz CT molecular complexity index is 586. The van der Waals surface area contributed by atoms with Gasteiger partial charge in [-0.3, -0.25) is 0 Å². The second kappa shape index (κ2) is 7.11. The van der Waals surface area contributed by atoms with Gasteiger partial charge >= 0.3 is 0 Å². The van der Waals surface area contributed by atoms with Crippen LogP contribution in [0.1, 0.15) is 11.1 Å². The van der Waals surface area contributed by atoms with Crippen LogP contribution in [0.25, 0.3) is 0 Å². The van der Waals surface area contributed by atoms with Crippen molar-refractivity contribution in [2.24, 2.45) is 0 Å². The summed E-state index contributed by atoms with van der Waals surface area (Å²) in [6.45, 7) is 1.63. The summed E-state index contributed by atoms with van der Waals surface area (Å²) in [6.07, 6.45) is 0. The molecular weight excluding hydrogens is 336 g/mol. The second-order valence-electron chi connectivity index (χ2n) is 4.75. The molecule has 0 aliphatic carbocycles. The number of hydrogen-bond donors (Lipinski definition) is 1. The third kappa shape index (κ3) is 3.75. The highest BCUT2D eigenvalue weighted by Crippen LogP contribution is 2.27. The number of anilines is 1. The summed E-state index contributed by atoms with van der Waals surface area (Å²) in [6, 6.07) is 14.3. The lowest BCUT2D eigenvalue weighted by atomic mass is 10.1. The van der Waals surface area contributed by atoms with E-state index in [2.05, 4.69) is 57.5 Å². The van der Waals surface area contributed by atoms with E-state index >= 15 is 0 Å². The molecule has 1 N–H and O–H groups in total. The molecule has 0 heterocycles. The third-order valence-corrected chi connectivity index (χ3v) is 4.05. The highest BCUT2D eigenvalue weighted by molar-refractivity contribution is 9.10. The van der Waals surface area contributed by atoms with E-state index in [-0.39, 0.29) is 0 Å². The fourth-order valence-corrected chi connectivity index (χ4v) is 2.74. The van der Waals surface area contributed by atoms with Gasteiger partial charge in [-0.1, -0.05) is 51.8 Å². The molecule has 20 heavy (non-hydrogen) atoms. The van der Waals surface area contributed by atoms with Crippen LogP contribution in [0.15, 0.2) is 46.9 Å². The fraction of sp³-hybridized carbons (Fsp3) is 0.250. The molecule has 4 heteroatoms. The highest BCUT2D eigenvalue weighted by atomic mass is 79.9. The molecule has 0 amide bonds. The van der Waals surface area contributed by atoms with E-state index in [1.165, 1.54) is 11.3 Å². The van der Waals surface area contributed by atoms with Gasteiger partial charge in [-0.25, -0.2) is 0 Å². The van der Waals surface area contributed by atoms with Crippen LogP contribution in [-0.4, -0.2) is 14.1 Å². The van der Waals surface area contributed by atoms with E-state index < -0.39 is 0 Å². The minimum Gasteiger partial charge on any atom is -0.370 e. The highest BCUT2D eigenvalue weighted by Gasteiger charge is 2.10. The number of nitrogens with zero attached hydrogens (tertiary/aromatic N) is 1. The summed E-state index contributed by atoms with van der Waals surface area (Å²) in [5.41, 5.74) is 3.60. The van der Waals surface area contributed by atoms with E-state index in [9.17, 15) is 0 Å². The summed E-state index contributed by atoms with van der Waals surface area (Å²) in [4.78, 5) is 2.22. The van der Waals surface area contributed by atoms with Gasteiger partial charge in [0.1, 0.15) is 0 Å². The van der Waals surface area contributed by atoms with Gasteiger partial charge in [-0.15, -0.1) is 0 Å². The first-order valence-corrected chi connectivity index (χ1v) is 7.66. The second-order valence-corrected chi connectivity index (χ2v) is 6.07. The Labute approximate surface area is 133 Å². The van der Waals surface area contributed by atoms with Crippen molar-refractivity contribution in [3.05, 3.63) is 63.1 Å². The summed E-state index contributed by atoms with van der Waals surface area (Å²) in [7, 11) is 4.05. The first-order valence-electron chi connectivity index (χ1n) is 6.49. The van der Waals surface area contributed by atoms with Gasteiger partial charge in [-0.2, -0.15) is 0 Å². The molecule has 0 aliphatic rings. The molecule has 0 unspecified atom stereocenters. The van der Waals surface area contributed by atoms with Crippen molar-refractivity contribution in [1.82, 2.24) is 5.32 Å². The average Bonchev–Trinajstić information content (AvgIpc) is 2.43. The van der Waals surface area contributed by atoms with Crippen LogP contribution in [-0.2, 0) is 13.1 Å². The number of benzene rings is 2. The predicted octanol–water partition coefficient (Wildman–Crippen LogP) is 4.46. The van der Waals surface area contributed by atoms with Crippen molar-refractivity contribution >= 4 is 33.2 Å². The Kier molecular flexibility index (Phi) is 5.46. The lowest BCUT2D eigenvalue weighted by Gasteiger charge is -2.23. The maximum atomic E-state index is 6.24. The zero-order chi connectivity index (χ0) is 14.5. The smallest absolute Gasteiger partial charge is 0.0455 e. The van der Waals surface area contributed by atoms with Crippen LogP contribution in [0.2, 0.25) is 5.02 Å². The predicted molar refractivity (Wildman–Crippen MR) is 90.5 cm³/mol. The minimum absolute atomic E-state index is 0.785. The number of halogens is 2. The molecule has 2 nitrogen and oxygen atoms in total. The van der Waals surface area contributed by atoms with E-state index in [1.807, 2.05) is 25.2 Å². The van der Waals surface area contributed by atoms with Crippen molar-refractivity contribution < 1.29 is 0 Å². The van der Waals surface area contributed by atoms with E-state index in [0.717, 1.165) is 28.1 Å². The molecule has 0 saturated heterocycles. The molecular formula is C16H18BrClN2. The van der Waals surface area contributed by atoms with E-state index in [1.54, 1.807) is 0 Å². The first-order chi connectivity index (χ1) is 9.61. The van der Waals surface area contributed by atoms with Gasteiger partial charge in [-0.05, 0) is 36.4 Å². The summed E-state index contributed by atoms with van der Waals surface area (Å²) in [5.74, 6) is 0. The standard InChI is InChI=1S/C16H18BrClN2/c1-19-10-12-7-8-14(17)9-16(12)20(2)11-13-5-3-4-6-15(13)18/h3-9,19H,10-11H2,1-2H3. The average molecular weight is 354 g/mol. The molecule has 106 valence electrons. The van der Waals surface area contributed by atoms with Crippen molar-refractivity contribution in [2.75, 3.05) is 19.0 Å². The molecule has 0 saturated carbocycles. The lowest BCUT2D eigenvalue weighted by Crippen LogP contribution is -2.19. The van der Waals surface area contributed by atoms with Gasteiger partial charge in [0.25, 0.3) is 0 Å². The minimum atomic E-state index is 0.785. The Balaban J connectivity index is 2.26. The van der Waals surface area contributed by atoms with Gasteiger partial charge in [0.2, 0.25) is 0 Å². The van der Waals surface area contributed by atoms with Crippen LogP contribution < -0.4 is 10.2 Å². The maximum absolute atomic E-state index is 6.24. The Morgan fingerprint density at radius 1 is 1.15 bits per heavy atom. The molecule has 0 spiro atoms. The molecule has 0 aliphatic heterocycles. The van der Waals surface area contributed by atoms with Crippen molar-refractivity contribution in [3.63, 3.8) is 0 Å². The Hall–Kier alpha value is -1.03. The molecule has 2 aromatic carbocycles. The summed E-state index contributed by atoms with van der Waals surface area (Å²) < 4.78 is 1.08. The van der Waals surface area contributed by atoms with Gasteiger partial charge < -0.3 is 10.2 Å². The van der Waals surface area contributed by atoms with Crippen LogP contribution in [0.5, 0.6) is 0 Å². The molecule has 0 aromatic heterocycles. The molecule has 0 bridgehead atoms. The summed E-state index contributed by atoms with van der Waals surface area (Å²) in [5, 5.41) is 4.02. The Morgan fingerprint density at radius 2 is 1.90 bits per heavy atom. The van der Waals surface area contributed by atoms with Crippen molar-refractivity contribution in [2.45, 2.75) is 13.1 Å². The molecule has 0 atom stereocenters. The van der Waals surface area contributed by atoms with Crippen LogP contribution in [0, 0.1) is 0 Å². The van der Waals surface area contributed by atoms with Crippen LogP contribution in [0.3, 0.4) is 0 Å². The van der Waals surface area contributed by atoms with Crippen molar-refractivity contribution in [1.29, 1.82) is 0 Å². The maximum Gasteiger partial charge on any atom is 0.0455 e. The lowest BCUT2D eigenvalue weighted by molar-refractivity contribution is 0.805. The van der Waals surface area contributed by atoms with E-state index in [0.29, 0.717) is 0 Å². The topological polar surface area (TPSA) is 15.3 Å². The molecule has 0 radical (unpaired) electrons. The summed E-state index contributed by atoms with van der Waals surface area (Å²) >= 11 is 9.78. The zero-order valence-electron chi connectivity index (χ0n) is 11.7. The molecule has 0 fully saturated rings. The first kappa shape index (κ1) is 15.4. The number of nitrogens with one attached hydrogen (secondary N) is 1. The van der Waals surface area contributed by atoms with Gasteiger partial charge in [0.05, 0.1) is 0 Å². The van der Waals surface area contributed by atoms with Crippen molar-refractivity contribution in [3.8, 4) is 0 Å². The third-order valence-electron chi connectivity index (χ3n) is 3.19. The number of hydrogen-bond acceptors (Lipinski definition) is 2. The van der Waals surface area contributed by atoms with E-state index in [4.69, 9.17) is 11.6 Å². The molecule has 2 aromatic rings. The van der Waals surface area contributed by atoms with Crippen LogP contribution in [0.4, 0.5) is 5.69 Å². The van der Waals surface area contributed by atoms with Gasteiger partial charge in [0, 0.05) is 35.3 Å². The SMILES string of the molecule is CNCc1ccc(Br)cc1N(C)Cc1ccccc1Cl. The zero-order valence-corrected chi connectivity index (χ0v) is 14.0. The largest absolute Gasteiger partial charge is 0.370 e. The fourth-order valence-electron chi connectivity index (χ4n) is 2.20.